The van der Waals surface area contributed by atoms with Crippen molar-refractivity contribution >= 4 is 0 Å². The molecule has 0 bridgehead atoms. The molecule has 7 aromatic rings. The Morgan fingerprint density at radius 3 is 0.595 bits per heavy atom. The molecular weight excluding hydrogens is 1060 g/mol. The van der Waals surface area contributed by atoms with Gasteiger partial charge in [0.1, 0.15) is 96.5 Å². The van der Waals surface area contributed by atoms with Crippen molar-refractivity contribution in [3.63, 3.8) is 0 Å². The van der Waals surface area contributed by atoms with Crippen molar-refractivity contribution in [3.05, 3.63) is 258 Å². The van der Waals surface area contributed by atoms with Crippen molar-refractivity contribution in [2.75, 3.05) is 59.5 Å². The van der Waals surface area contributed by atoms with Gasteiger partial charge in [0.25, 0.3) is 0 Å². The molecule has 0 spiro atoms. The summed E-state index contributed by atoms with van der Waals surface area (Å²) in [7, 11) is 0. The topological polar surface area (TPSA) is 111 Å². The van der Waals surface area contributed by atoms with Gasteiger partial charge in [0.05, 0.1) is 0 Å². The molecule has 12 nitrogen and oxygen atoms in total. The Labute approximate surface area is 494 Å². The summed E-state index contributed by atoms with van der Waals surface area (Å²) in [5.41, 5.74) is 8.38. The molecule has 0 aromatic heterocycles. The van der Waals surface area contributed by atoms with Gasteiger partial charge >= 0.3 is 0 Å². The minimum absolute atomic E-state index is 0.233. The van der Waals surface area contributed by atoms with Crippen LogP contribution in [0.3, 0.4) is 0 Å². The van der Waals surface area contributed by atoms with Gasteiger partial charge in [-0.25, -0.2) is 0 Å². The van der Waals surface area contributed by atoms with Gasteiger partial charge in [-0.05, 0) is 141 Å². The van der Waals surface area contributed by atoms with Crippen LogP contribution in [0.15, 0.2) is 241 Å². The van der Waals surface area contributed by atoms with Gasteiger partial charge in [-0.2, -0.15) is 0 Å². The number of hydrogen-bond acceptors (Lipinski definition) is 12. The van der Waals surface area contributed by atoms with E-state index in [-0.39, 0.29) is 79.3 Å². The first-order valence-corrected chi connectivity index (χ1v) is 27.2. The minimum atomic E-state index is 0.233. The molecule has 0 atom stereocenters. The second kappa shape index (κ2) is 32.9. The third-order valence-corrected chi connectivity index (χ3v) is 12.1. The molecule has 0 aliphatic heterocycles. The molecular formula is C72H72O12. The lowest BCUT2D eigenvalue weighted by molar-refractivity contribution is 0.274. The molecule has 0 fully saturated rings. The van der Waals surface area contributed by atoms with E-state index in [1.165, 1.54) is 0 Å². The summed E-state index contributed by atoms with van der Waals surface area (Å²) >= 11 is 0. The molecule has 12 heteroatoms. The van der Waals surface area contributed by atoms with Crippen LogP contribution >= 0.6 is 0 Å². The first kappa shape index (κ1) is 61.4. The van der Waals surface area contributed by atoms with Crippen LogP contribution in [0.25, 0.3) is 33.4 Å². The largest absolute Gasteiger partial charge is 0.489 e. The van der Waals surface area contributed by atoms with Gasteiger partial charge in [0.15, 0.2) is 34.5 Å². The highest BCUT2D eigenvalue weighted by Gasteiger charge is 2.20. The zero-order valence-electron chi connectivity index (χ0n) is 47.6. The van der Waals surface area contributed by atoms with Crippen LogP contribution in [-0.4, -0.2) is 59.5 Å². The van der Waals surface area contributed by atoms with E-state index in [1.54, 1.807) is 54.7 Å². The van der Waals surface area contributed by atoms with Crippen LogP contribution in [0.1, 0.15) is 16.7 Å². The summed E-state index contributed by atoms with van der Waals surface area (Å²) in [5, 5.41) is 0. The van der Waals surface area contributed by atoms with Crippen LogP contribution in [0.5, 0.6) is 69.0 Å². The Morgan fingerprint density at radius 1 is 0.214 bits per heavy atom. The molecule has 0 saturated carbocycles. The maximum atomic E-state index is 6.36. The normalized spacial score (nSPS) is 10.4. The molecule has 0 radical (unpaired) electrons. The summed E-state index contributed by atoms with van der Waals surface area (Å²) in [6, 6.07) is 41.9. The van der Waals surface area contributed by atoms with E-state index >= 15 is 0 Å². The lowest BCUT2D eigenvalue weighted by atomic mass is 9.93. The Kier molecular flexibility index (Phi) is 24.1. The van der Waals surface area contributed by atoms with E-state index < -0.39 is 0 Å². The number of ether oxygens (including phenoxy) is 12. The van der Waals surface area contributed by atoms with E-state index in [4.69, 9.17) is 56.8 Å². The SMILES string of the molecule is C=CCOc1cc(COc2ccc(-c3cc(-c4ccc(OCc5cc(OCC=C)c(OCC=C)c(OCC=C)c5)cc4)cc(-c4ccc(OCc5cc(OCC=C)c(OCC=C)c(OCC=C)c5)cc4)c3)cc2)cc(OCC=C)c1OCC=C. The average molecular weight is 1130 g/mol. The Morgan fingerprint density at radius 2 is 0.405 bits per heavy atom. The molecule has 432 valence electrons. The zero-order chi connectivity index (χ0) is 59.3. The van der Waals surface area contributed by atoms with Crippen molar-refractivity contribution in [1.29, 1.82) is 0 Å². The Bertz CT molecular complexity index is 2890. The van der Waals surface area contributed by atoms with E-state index in [2.05, 4.69) is 114 Å². The average Bonchev–Trinajstić information content (AvgIpc) is 3.71. The summed E-state index contributed by atoms with van der Waals surface area (Å²) in [6.07, 6.45) is 15.0. The van der Waals surface area contributed by atoms with Crippen molar-refractivity contribution < 1.29 is 56.8 Å². The quantitative estimate of drug-likeness (QED) is 0.0342. The van der Waals surface area contributed by atoms with Crippen LogP contribution < -0.4 is 56.8 Å². The van der Waals surface area contributed by atoms with Gasteiger partial charge in [-0.15, -0.1) is 0 Å². The standard InChI is InChI=1S/C72H72O12/c1-10-31-73-64-40-52(41-65(74-32-11-2)70(64)79-37-16-7)49-82-61-25-19-55(20-26-61)58-46-59(56-21-27-62(28-22-56)83-50-53-42-66(75-33-12-3)71(80-38-17-8)67(43-53)76-34-13-4)48-60(47-58)57-23-29-63(30-24-57)84-51-54-44-68(77-35-14-5)72(81-39-18-9)69(45-54)78-36-15-6/h10-30,40-48H,1-9,31-39,49-51H2. The predicted octanol–water partition coefficient (Wildman–Crippen LogP) is 16.5. The molecule has 84 heavy (non-hydrogen) atoms. The lowest BCUT2D eigenvalue weighted by Gasteiger charge is -2.18. The van der Waals surface area contributed by atoms with E-state index in [9.17, 15) is 0 Å². The van der Waals surface area contributed by atoms with E-state index in [1.807, 2.05) is 72.8 Å². The van der Waals surface area contributed by atoms with Crippen molar-refractivity contribution in [2.24, 2.45) is 0 Å². The molecule has 7 aromatic carbocycles. The molecule has 0 N–H and O–H groups in total. The van der Waals surface area contributed by atoms with Crippen molar-refractivity contribution in [2.45, 2.75) is 19.8 Å². The summed E-state index contributed by atoms with van der Waals surface area (Å²) in [5.74, 6) is 6.42. The molecule has 0 heterocycles. The molecule has 0 unspecified atom stereocenters. The fraction of sp³-hybridized carbons (Fsp3) is 0.167. The Hall–Kier alpha value is -10.2. The highest BCUT2D eigenvalue weighted by Crippen LogP contribution is 2.43. The van der Waals surface area contributed by atoms with E-state index in [0.29, 0.717) is 69.0 Å². The maximum absolute atomic E-state index is 6.36. The van der Waals surface area contributed by atoms with Crippen LogP contribution in [-0.2, 0) is 19.8 Å². The minimum Gasteiger partial charge on any atom is -0.489 e. The monoisotopic (exact) mass is 1130 g/mol. The van der Waals surface area contributed by atoms with Gasteiger partial charge in [-0.3, -0.25) is 0 Å². The molecule has 0 aliphatic carbocycles. The maximum Gasteiger partial charge on any atom is 0.203 e. The number of hydrogen-bond donors (Lipinski definition) is 0. The predicted molar refractivity (Wildman–Crippen MR) is 336 cm³/mol. The molecule has 0 amide bonds. The summed E-state index contributed by atoms with van der Waals surface area (Å²) < 4.78 is 73.0. The first-order chi connectivity index (χ1) is 41.2. The summed E-state index contributed by atoms with van der Waals surface area (Å²) in [6.45, 7) is 37.3. The lowest BCUT2D eigenvalue weighted by Crippen LogP contribution is -2.05. The number of rotatable bonds is 39. The zero-order valence-corrected chi connectivity index (χ0v) is 47.6. The second-order valence-corrected chi connectivity index (χ2v) is 18.4. The van der Waals surface area contributed by atoms with Gasteiger partial charge < -0.3 is 56.8 Å². The Balaban J connectivity index is 1.17. The third-order valence-electron chi connectivity index (χ3n) is 12.1. The van der Waals surface area contributed by atoms with Gasteiger partial charge in [0.2, 0.25) is 17.2 Å². The number of benzene rings is 7. The van der Waals surface area contributed by atoms with Crippen LogP contribution in [0.4, 0.5) is 0 Å². The highest BCUT2D eigenvalue weighted by molar-refractivity contribution is 5.81. The third kappa shape index (κ3) is 17.6. The summed E-state index contributed by atoms with van der Waals surface area (Å²) in [4.78, 5) is 0. The smallest absolute Gasteiger partial charge is 0.203 e. The van der Waals surface area contributed by atoms with Crippen LogP contribution in [0, 0.1) is 0 Å². The van der Waals surface area contributed by atoms with Crippen molar-refractivity contribution in [1.82, 2.24) is 0 Å². The fourth-order valence-electron chi connectivity index (χ4n) is 8.39. The fourth-order valence-corrected chi connectivity index (χ4v) is 8.39. The second-order valence-electron chi connectivity index (χ2n) is 18.4. The van der Waals surface area contributed by atoms with E-state index in [0.717, 1.165) is 50.1 Å². The van der Waals surface area contributed by atoms with Crippen molar-refractivity contribution in [3.8, 4) is 102 Å². The first-order valence-electron chi connectivity index (χ1n) is 27.2. The molecule has 7 rings (SSSR count). The van der Waals surface area contributed by atoms with Crippen LogP contribution in [0.2, 0.25) is 0 Å². The van der Waals surface area contributed by atoms with Gasteiger partial charge in [0, 0.05) is 0 Å². The highest BCUT2D eigenvalue weighted by atomic mass is 16.6. The van der Waals surface area contributed by atoms with Gasteiger partial charge in [-0.1, -0.05) is 150 Å². The molecule has 0 saturated heterocycles. The molecule has 0 aliphatic rings.